The summed E-state index contributed by atoms with van der Waals surface area (Å²) < 4.78 is 1.51. The SMILES string of the molecule is Cc1cn(Cc2cccc(-c3ccccc3)c2)c(=O)[nH]c1=O. The van der Waals surface area contributed by atoms with E-state index in [0.717, 1.165) is 16.7 Å². The summed E-state index contributed by atoms with van der Waals surface area (Å²) in [7, 11) is 0. The van der Waals surface area contributed by atoms with Crippen molar-refractivity contribution >= 4 is 0 Å². The van der Waals surface area contributed by atoms with Crippen molar-refractivity contribution in [3.63, 3.8) is 0 Å². The number of aromatic amines is 1. The molecule has 110 valence electrons. The number of rotatable bonds is 3. The number of hydrogen-bond donors (Lipinski definition) is 1. The number of benzene rings is 2. The summed E-state index contributed by atoms with van der Waals surface area (Å²) in [6.45, 7) is 2.12. The van der Waals surface area contributed by atoms with Gasteiger partial charge in [-0.25, -0.2) is 4.79 Å². The van der Waals surface area contributed by atoms with Gasteiger partial charge in [-0.2, -0.15) is 0 Å². The maximum atomic E-state index is 11.9. The predicted molar refractivity (Wildman–Crippen MR) is 87.0 cm³/mol. The van der Waals surface area contributed by atoms with Crippen LogP contribution in [0.25, 0.3) is 11.1 Å². The second kappa shape index (κ2) is 5.85. The molecule has 0 radical (unpaired) electrons. The van der Waals surface area contributed by atoms with Crippen molar-refractivity contribution in [2.45, 2.75) is 13.5 Å². The van der Waals surface area contributed by atoms with Crippen LogP contribution in [0, 0.1) is 6.92 Å². The van der Waals surface area contributed by atoms with Gasteiger partial charge < -0.3 is 0 Å². The van der Waals surface area contributed by atoms with Crippen molar-refractivity contribution in [2.75, 3.05) is 0 Å². The van der Waals surface area contributed by atoms with E-state index >= 15 is 0 Å². The third kappa shape index (κ3) is 2.91. The Labute approximate surface area is 127 Å². The third-order valence-electron chi connectivity index (χ3n) is 3.58. The maximum Gasteiger partial charge on any atom is 0.328 e. The van der Waals surface area contributed by atoms with Crippen molar-refractivity contribution in [3.05, 3.63) is 92.8 Å². The molecule has 0 spiro atoms. The van der Waals surface area contributed by atoms with Crippen LogP contribution in [-0.4, -0.2) is 9.55 Å². The van der Waals surface area contributed by atoms with Crippen molar-refractivity contribution in [1.82, 2.24) is 9.55 Å². The lowest BCUT2D eigenvalue weighted by Gasteiger charge is -2.08. The average Bonchev–Trinajstić information content (AvgIpc) is 2.54. The molecule has 3 rings (SSSR count). The molecule has 0 fully saturated rings. The van der Waals surface area contributed by atoms with Crippen LogP contribution in [0.3, 0.4) is 0 Å². The molecule has 1 heterocycles. The van der Waals surface area contributed by atoms with Gasteiger partial charge in [-0.3, -0.25) is 14.3 Å². The lowest BCUT2D eigenvalue weighted by molar-refractivity contribution is 0.714. The minimum Gasteiger partial charge on any atom is -0.296 e. The Morgan fingerprint density at radius 3 is 2.45 bits per heavy atom. The van der Waals surface area contributed by atoms with E-state index in [1.54, 1.807) is 13.1 Å². The van der Waals surface area contributed by atoms with Gasteiger partial charge in [-0.15, -0.1) is 0 Å². The Kier molecular flexibility index (Phi) is 3.74. The minimum atomic E-state index is -0.388. The van der Waals surface area contributed by atoms with Gasteiger partial charge in [0, 0.05) is 11.8 Å². The smallest absolute Gasteiger partial charge is 0.296 e. The molecule has 0 aliphatic heterocycles. The van der Waals surface area contributed by atoms with Gasteiger partial charge in [0.05, 0.1) is 6.54 Å². The first-order valence-electron chi connectivity index (χ1n) is 7.08. The van der Waals surface area contributed by atoms with Gasteiger partial charge in [-0.1, -0.05) is 48.5 Å². The summed E-state index contributed by atoms with van der Waals surface area (Å²) in [6, 6.07) is 18.1. The summed E-state index contributed by atoms with van der Waals surface area (Å²) in [5, 5.41) is 0. The number of hydrogen-bond acceptors (Lipinski definition) is 2. The topological polar surface area (TPSA) is 54.9 Å². The Bertz CT molecular complexity index is 908. The molecular weight excluding hydrogens is 276 g/mol. The van der Waals surface area contributed by atoms with E-state index in [1.807, 2.05) is 36.4 Å². The van der Waals surface area contributed by atoms with Crippen LogP contribution < -0.4 is 11.2 Å². The van der Waals surface area contributed by atoms with Crippen LogP contribution in [0.4, 0.5) is 0 Å². The molecule has 1 N–H and O–H groups in total. The lowest BCUT2D eigenvalue weighted by atomic mass is 10.0. The van der Waals surface area contributed by atoms with Crippen LogP contribution in [0.5, 0.6) is 0 Å². The maximum absolute atomic E-state index is 11.9. The fourth-order valence-corrected chi connectivity index (χ4v) is 2.41. The standard InChI is InChI=1S/C18H16N2O2/c1-13-11-20(18(22)19-17(13)21)12-14-6-5-9-16(10-14)15-7-3-2-4-8-15/h2-11H,12H2,1H3,(H,19,21,22). The van der Waals surface area contributed by atoms with E-state index in [4.69, 9.17) is 0 Å². The van der Waals surface area contributed by atoms with Gasteiger partial charge in [0.2, 0.25) is 0 Å². The van der Waals surface area contributed by atoms with Crippen molar-refractivity contribution < 1.29 is 0 Å². The number of H-pyrrole nitrogens is 1. The molecule has 4 nitrogen and oxygen atoms in total. The van der Waals surface area contributed by atoms with Crippen LogP contribution in [0.1, 0.15) is 11.1 Å². The summed E-state index contributed by atoms with van der Waals surface area (Å²) in [4.78, 5) is 25.6. The van der Waals surface area contributed by atoms with E-state index < -0.39 is 0 Å². The Morgan fingerprint density at radius 2 is 1.68 bits per heavy atom. The molecule has 0 bridgehead atoms. The fourth-order valence-electron chi connectivity index (χ4n) is 2.41. The highest BCUT2D eigenvalue weighted by molar-refractivity contribution is 5.63. The average molecular weight is 292 g/mol. The van der Waals surface area contributed by atoms with Crippen LogP contribution >= 0.6 is 0 Å². The Hall–Kier alpha value is -2.88. The summed E-state index contributed by atoms with van der Waals surface area (Å²) in [5.74, 6) is 0. The molecule has 1 aromatic heterocycles. The molecular formula is C18H16N2O2. The number of aryl methyl sites for hydroxylation is 1. The van der Waals surface area contributed by atoms with E-state index in [1.165, 1.54) is 4.57 Å². The van der Waals surface area contributed by atoms with E-state index in [9.17, 15) is 9.59 Å². The first-order valence-corrected chi connectivity index (χ1v) is 7.08. The van der Waals surface area contributed by atoms with E-state index in [0.29, 0.717) is 12.1 Å². The fraction of sp³-hybridized carbons (Fsp3) is 0.111. The molecule has 4 heteroatoms. The number of aromatic nitrogens is 2. The Balaban J connectivity index is 1.96. The summed E-state index contributed by atoms with van der Waals surface area (Å²) >= 11 is 0. The minimum absolute atomic E-state index is 0.334. The largest absolute Gasteiger partial charge is 0.328 e. The van der Waals surface area contributed by atoms with Gasteiger partial charge >= 0.3 is 5.69 Å². The van der Waals surface area contributed by atoms with Gasteiger partial charge in [0.1, 0.15) is 0 Å². The summed E-state index contributed by atoms with van der Waals surface area (Å²) in [6.07, 6.45) is 1.59. The molecule has 0 unspecified atom stereocenters. The number of nitrogens with one attached hydrogen (secondary N) is 1. The quantitative estimate of drug-likeness (QED) is 0.806. The zero-order chi connectivity index (χ0) is 15.5. The zero-order valence-electron chi connectivity index (χ0n) is 12.2. The van der Waals surface area contributed by atoms with Crippen molar-refractivity contribution in [3.8, 4) is 11.1 Å². The first-order chi connectivity index (χ1) is 10.6. The second-order valence-corrected chi connectivity index (χ2v) is 5.27. The molecule has 0 aliphatic rings. The normalized spacial score (nSPS) is 10.6. The molecule has 0 saturated heterocycles. The van der Waals surface area contributed by atoms with Crippen molar-refractivity contribution in [2.24, 2.45) is 0 Å². The predicted octanol–water partition coefficient (Wildman–Crippen LogP) is 2.56. The molecule has 3 aromatic rings. The highest BCUT2D eigenvalue weighted by Gasteiger charge is 2.03. The van der Waals surface area contributed by atoms with Gasteiger partial charge in [0.25, 0.3) is 5.56 Å². The second-order valence-electron chi connectivity index (χ2n) is 5.27. The molecule has 0 saturated carbocycles. The van der Waals surface area contributed by atoms with Crippen LogP contribution in [0.2, 0.25) is 0 Å². The van der Waals surface area contributed by atoms with Crippen LogP contribution in [0.15, 0.2) is 70.4 Å². The Morgan fingerprint density at radius 1 is 0.955 bits per heavy atom. The highest BCUT2D eigenvalue weighted by Crippen LogP contribution is 2.20. The lowest BCUT2D eigenvalue weighted by Crippen LogP contribution is -2.31. The number of nitrogens with zero attached hydrogens (tertiary/aromatic N) is 1. The zero-order valence-corrected chi connectivity index (χ0v) is 12.2. The first kappa shape index (κ1) is 14.1. The molecule has 0 amide bonds. The van der Waals surface area contributed by atoms with Crippen LogP contribution in [-0.2, 0) is 6.54 Å². The monoisotopic (exact) mass is 292 g/mol. The van der Waals surface area contributed by atoms with E-state index in [2.05, 4.69) is 23.2 Å². The van der Waals surface area contributed by atoms with Gasteiger partial charge in [0.15, 0.2) is 0 Å². The van der Waals surface area contributed by atoms with Crippen molar-refractivity contribution in [1.29, 1.82) is 0 Å². The van der Waals surface area contributed by atoms with E-state index in [-0.39, 0.29) is 11.2 Å². The molecule has 0 atom stereocenters. The third-order valence-corrected chi connectivity index (χ3v) is 3.58. The molecule has 2 aromatic carbocycles. The molecule has 0 aliphatic carbocycles. The van der Waals surface area contributed by atoms with Gasteiger partial charge in [-0.05, 0) is 29.7 Å². The highest BCUT2D eigenvalue weighted by atomic mass is 16.2. The molecule has 22 heavy (non-hydrogen) atoms. The summed E-state index contributed by atoms with van der Waals surface area (Å²) in [5.41, 5.74) is 3.05.